The fraction of sp³-hybridized carbons (Fsp3) is 0.714. The highest BCUT2D eigenvalue weighted by Gasteiger charge is 2.56. The summed E-state index contributed by atoms with van der Waals surface area (Å²) in [7, 11) is 1.66. The predicted molar refractivity (Wildman–Crippen MR) is 70.7 cm³/mol. The van der Waals surface area contributed by atoms with Crippen LogP contribution in [0.5, 0.6) is 0 Å². The molecule has 110 valence electrons. The van der Waals surface area contributed by atoms with E-state index in [-0.39, 0.29) is 24.6 Å². The van der Waals surface area contributed by atoms with E-state index in [9.17, 15) is 9.59 Å². The first kappa shape index (κ1) is 13.6. The summed E-state index contributed by atoms with van der Waals surface area (Å²) >= 11 is 0. The summed E-state index contributed by atoms with van der Waals surface area (Å²) in [5, 5.41) is 3.28. The molecule has 3 rings (SSSR count). The van der Waals surface area contributed by atoms with Crippen LogP contribution < -0.4 is 5.32 Å². The van der Waals surface area contributed by atoms with Gasteiger partial charge in [-0.1, -0.05) is 0 Å². The maximum atomic E-state index is 12.9. The van der Waals surface area contributed by atoms with Crippen LogP contribution in [0.4, 0.5) is 0 Å². The zero-order chi connectivity index (χ0) is 14.3. The molecule has 0 aromatic heterocycles. The Balaban J connectivity index is 1.93. The molecular formula is C14H20N2O4. The number of esters is 1. The van der Waals surface area contributed by atoms with Crippen LogP contribution in [0.3, 0.4) is 0 Å². The minimum absolute atomic E-state index is 0.0819. The van der Waals surface area contributed by atoms with Crippen molar-refractivity contribution in [2.75, 3.05) is 33.4 Å². The second kappa shape index (κ2) is 4.86. The van der Waals surface area contributed by atoms with Gasteiger partial charge < -0.3 is 19.7 Å². The summed E-state index contributed by atoms with van der Waals surface area (Å²) in [6.07, 6.45) is 1.44. The van der Waals surface area contributed by atoms with Crippen molar-refractivity contribution in [2.45, 2.75) is 25.9 Å². The van der Waals surface area contributed by atoms with Gasteiger partial charge in [0, 0.05) is 7.11 Å². The summed E-state index contributed by atoms with van der Waals surface area (Å²) in [5.41, 5.74) is 0.801. The Bertz CT molecular complexity index is 480. The summed E-state index contributed by atoms with van der Waals surface area (Å²) in [5.74, 6) is -0.244. The lowest BCUT2D eigenvalue weighted by Crippen LogP contribution is -2.47. The number of hydrogen-bond acceptors (Lipinski definition) is 5. The molecule has 0 aromatic rings. The molecule has 0 bridgehead atoms. The van der Waals surface area contributed by atoms with Gasteiger partial charge in [-0.2, -0.15) is 0 Å². The number of rotatable bonds is 2. The van der Waals surface area contributed by atoms with Gasteiger partial charge in [0.15, 0.2) is 0 Å². The first-order valence-corrected chi connectivity index (χ1v) is 7.02. The number of nitrogens with zero attached hydrogens (tertiary/aromatic N) is 1. The van der Waals surface area contributed by atoms with E-state index in [1.165, 1.54) is 0 Å². The number of amides is 1. The number of nitrogens with one attached hydrogen (secondary N) is 1. The molecule has 6 heteroatoms. The normalized spacial score (nSPS) is 29.5. The Labute approximate surface area is 118 Å². The number of hydrogen-bond donors (Lipinski definition) is 1. The van der Waals surface area contributed by atoms with Crippen LogP contribution in [0.2, 0.25) is 0 Å². The molecule has 1 N–H and O–H groups in total. The van der Waals surface area contributed by atoms with Crippen molar-refractivity contribution < 1.29 is 19.1 Å². The van der Waals surface area contributed by atoms with Gasteiger partial charge in [0.2, 0.25) is 5.91 Å². The molecule has 1 unspecified atom stereocenters. The number of carbonyl (C=O) groups is 2. The lowest BCUT2D eigenvalue weighted by atomic mass is 9.75. The van der Waals surface area contributed by atoms with Crippen molar-refractivity contribution in [1.29, 1.82) is 0 Å². The molecule has 6 nitrogen and oxygen atoms in total. The monoisotopic (exact) mass is 280 g/mol. The second-order valence-electron chi connectivity index (χ2n) is 5.69. The van der Waals surface area contributed by atoms with Crippen molar-refractivity contribution in [3.8, 4) is 0 Å². The van der Waals surface area contributed by atoms with E-state index < -0.39 is 5.41 Å². The molecule has 0 aliphatic carbocycles. The first-order valence-electron chi connectivity index (χ1n) is 7.02. The number of cyclic esters (lactones) is 1. The SMILES string of the molecule is COC1CN(C2=C(C)C(=O)OC2)C(=O)C12CCNCC2. The maximum Gasteiger partial charge on any atom is 0.336 e. The van der Waals surface area contributed by atoms with E-state index >= 15 is 0 Å². The van der Waals surface area contributed by atoms with E-state index in [1.807, 2.05) is 0 Å². The highest BCUT2D eigenvalue weighted by molar-refractivity contribution is 5.94. The van der Waals surface area contributed by atoms with Crippen molar-refractivity contribution >= 4 is 11.9 Å². The lowest BCUT2D eigenvalue weighted by Gasteiger charge is -2.35. The second-order valence-corrected chi connectivity index (χ2v) is 5.69. The topological polar surface area (TPSA) is 67.9 Å². The third-order valence-electron chi connectivity index (χ3n) is 4.82. The van der Waals surface area contributed by atoms with Gasteiger partial charge in [-0.15, -0.1) is 0 Å². The molecule has 3 aliphatic rings. The van der Waals surface area contributed by atoms with Crippen molar-refractivity contribution in [3.63, 3.8) is 0 Å². The van der Waals surface area contributed by atoms with Gasteiger partial charge in [0.05, 0.1) is 29.3 Å². The average molecular weight is 280 g/mol. The van der Waals surface area contributed by atoms with E-state index in [4.69, 9.17) is 9.47 Å². The van der Waals surface area contributed by atoms with Gasteiger partial charge in [0.25, 0.3) is 0 Å². The maximum absolute atomic E-state index is 12.9. The molecule has 3 aliphatic heterocycles. The number of methoxy groups -OCH3 is 1. The van der Waals surface area contributed by atoms with Gasteiger partial charge in [0.1, 0.15) is 6.61 Å². The number of ether oxygens (including phenoxy) is 2. The lowest BCUT2D eigenvalue weighted by molar-refractivity contribution is -0.140. The fourth-order valence-corrected chi connectivity index (χ4v) is 3.52. The van der Waals surface area contributed by atoms with Gasteiger partial charge in [-0.25, -0.2) is 4.79 Å². The van der Waals surface area contributed by atoms with E-state index in [2.05, 4.69) is 5.32 Å². The Morgan fingerprint density at radius 3 is 2.60 bits per heavy atom. The fourth-order valence-electron chi connectivity index (χ4n) is 3.52. The van der Waals surface area contributed by atoms with E-state index in [0.29, 0.717) is 17.8 Å². The Hall–Kier alpha value is -1.40. The third-order valence-corrected chi connectivity index (χ3v) is 4.82. The third kappa shape index (κ3) is 1.78. The highest BCUT2D eigenvalue weighted by Crippen LogP contribution is 2.43. The van der Waals surface area contributed by atoms with Crippen molar-refractivity contribution in [3.05, 3.63) is 11.3 Å². The van der Waals surface area contributed by atoms with Crippen molar-refractivity contribution in [1.82, 2.24) is 10.2 Å². The molecule has 3 heterocycles. The van der Waals surface area contributed by atoms with Crippen LogP contribution in [0.1, 0.15) is 19.8 Å². The highest BCUT2D eigenvalue weighted by atomic mass is 16.5. The summed E-state index contributed by atoms with van der Waals surface area (Å²) in [4.78, 5) is 26.1. The summed E-state index contributed by atoms with van der Waals surface area (Å²) in [6, 6.07) is 0. The first-order chi connectivity index (χ1) is 9.60. The average Bonchev–Trinajstić information content (AvgIpc) is 2.92. The standard InChI is InChI=1S/C14H20N2O4/c1-9-10(8-20-12(9)17)16-7-11(19-2)14(13(16)18)3-5-15-6-4-14/h11,15H,3-8H2,1-2H3. The smallest absolute Gasteiger partial charge is 0.336 e. The predicted octanol–water partition coefficient (Wildman–Crippen LogP) is 0.0442. The minimum atomic E-state index is -0.446. The van der Waals surface area contributed by atoms with Gasteiger partial charge in [-0.3, -0.25) is 4.79 Å². The quantitative estimate of drug-likeness (QED) is 0.724. The van der Waals surface area contributed by atoms with Crippen LogP contribution >= 0.6 is 0 Å². The Kier molecular flexibility index (Phi) is 3.30. The molecule has 0 saturated carbocycles. The summed E-state index contributed by atoms with van der Waals surface area (Å²) in [6.45, 7) is 4.08. The van der Waals surface area contributed by atoms with Crippen LogP contribution in [0.15, 0.2) is 11.3 Å². The molecule has 0 aromatic carbocycles. The molecule has 2 fully saturated rings. The zero-order valence-electron chi connectivity index (χ0n) is 11.9. The number of likely N-dealkylation sites (tertiary alicyclic amines) is 1. The molecule has 1 amide bonds. The van der Waals surface area contributed by atoms with Crippen LogP contribution in [0.25, 0.3) is 0 Å². The minimum Gasteiger partial charge on any atom is -0.456 e. The van der Waals surface area contributed by atoms with E-state index in [0.717, 1.165) is 25.9 Å². The molecule has 20 heavy (non-hydrogen) atoms. The number of piperidine rings is 1. The molecule has 0 radical (unpaired) electrons. The zero-order valence-corrected chi connectivity index (χ0v) is 11.9. The van der Waals surface area contributed by atoms with Crippen molar-refractivity contribution in [2.24, 2.45) is 5.41 Å². The van der Waals surface area contributed by atoms with Crippen LogP contribution in [-0.4, -0.2) is 56.2 Å². The number of carbonyl (C=O) groups excluding carboxylic acids is 2. The largest absolute Gasteiger partial charge is 0.456 e. The van der Waals surface area contributed by atoms with E-state index in [1.54, 1.807) is 18.9 Å². The molecule has 1 atom stereocenters. The molecular weight excluding hydrogens is 260 g/mol. The molecule has 2 saturated heterocycles. The van der Waals surface area contributed by atoms with Crippen LogP contribution in [-0.2, 0) is 19.1 Å². The Morgan fingerprint density at radius 2 is 2.05 bits per heavy atom. The van der Waals surface area contributed by atoms with Gasteiger partial charge in [-0.05, 0) is 32.9 Å². The Morgan fingerprint density at radius 1 is 1.35 bits per heavy atom. The molecule has 1 spiro atoms. The van der Waals surface area contributed by atoms with Gasteiger partial charge >= 0.3 is 5.97 Å². The van der Waals surface area contributed by atoms with Crippen LogP contribution in [0, 0.1) is 5.41 Å². The summed E-state index contributed by atoms with van der Waals surface area (Å²) < 4.78 is 10.6.